The van der Waals surface area contributed by atoms with Crippen LogP contribution < -0.4 is 0 Å². The van der Waals surface area contributed by atoms with Crippen molar-refractivity contribution >= 4 is 17.0 Å². The van der Waals surface area contributed by atoms with Crippen LogP contribution in [0.1, 0.15) is 27.2 Å². The average Bonchev–Trinajstić information content (AvgIpc) is 3.04. The Balaban J connectivity index is 2.00. The maximum atomic E-state index is 13.9. The highest BCUT2D eigenvalue weighted by Gasteiger charge is 2.35. The summed E-state index contributed by atoms with van der Waals surface area (Å²) in [6.45, 7) is 3.38. The molecule has 0 amide bonds. The van der Waals surface area contributed by atoms with Gasteiger partial charge in [-0.3, -0.25) is 0 Å². The van der Waals surface area contributed by atoms with E-state index in [0.29, 0.717) is 11.3 Å². The molecule has 8 heteroatoms. The van der Waals surface area contributed by atoms with E-state index in [-0.39, 0.29) is 28.0 Å². The van der Waals surface area contributed by atoms with Crippen LogP contribution in [0.3, 0.4) is 0 Å². The predicted octanol–water partition coefficient (Wildman–Crippen LogP) is 5.42. The fourth-order valence-corrected chi connectivity index (χ4v) is 3.31. The molecule has 152 valence electrons. The van der Waals surface area contributed by atoms with Crippen molar-refractivity contribution in [2.24, 2.45) is 0 Å². The Kier molecular flexibility index (Phi) is 4.57. The molecule has 0 aliphatic rings. The number of rotatable bonds is 3. The van der Waals surface area contributed by atoms with E-state index >= 15 is 0 Å². The van der Waals surface area contributed by atoms with E-state index in [2.05, 4.69) is 10.1 Å². The van der Waals surface area contributed by atoms with Crippen molar-refractivity contribution in [1.29, 1.82) is 0 Å². The third kappa shape index (κ3) is 3.41. The van der Waals surface area contributed by atoms with Gasteiger partial charge in [-0.05, 0) is 44.2 Å². The second-order valence-electron chi connectivity index (χ2n) is 6.97. The Bertz CT molecular complexity index is 1260. The number of fused-ring (bicyclic) bond motifs is 1. The molecule has 0 fully saturated rings. The topological polar surface area (TPSA) is 68.0 Å². The zero-order chi connectivity index (χ0) is 21.6. The van der Waals surface area contributed by atoms with Crippen LogP contribution in [-0.2, 0) is 6.18 Å². The fraction of sp³-hybridized carbons (Fsp3) is 0.136. The van der Waals surface area contributed by atoms with E-state index in [1.165, 1.54) is 35.9 Å². The molecule has 0 unspecified atom stereocenters. The number of pyridine rings is 1. The lowest BCUT2D eigenvalue weighted by molar-refractivity contribution is -0.136. The van der Waals surface area contributed by atoms with E-state index in [0.717, 1.165) is 11.6 Å². The highest BCUT2D eigenvalue weighted by molar-refractivity contribution is 5.89. The van der Waals surface area contributed by atoms with Gasteiger partial charge in [0.1, 0.15) is 0 Å². The monoisotopic (exact) mass is 411 g/mol. The second kappa shape index (κ2) is 6.98. The van der Waals surface area contributed by atoms with Crippen LogP contribution in [0, 0.1) is 13.8 Å². The molecule has 1 N–H and O–H groups in total. The van der Waals surface area contributed by atoms with Gasteiger partial charge in [0.15, 0.2) is 5.65 Å². The van der Waals surface area contributed by atoms with Gasteiger partial charge in [0.05, 0.1) is 33.6 Å². The molecule has 30 heavy (non-hydrogen) atoms. The van der Waals surface area contributed by atoms with Gasteiger partial charge < -0.3 is 5.11 Å². The van der Waals surface area contributed by atoms with Crippen LogP contribution in [0.25, 0.3) is 28.0 Å². The van der Waals surface area contributed by atoms with Crippen LogP contribution in [0.2, 0.25) is 0 Å². The van der Waals surface area contributed by atoms with Gasteiger partial charge in [0.25, 0.3) is 0 Å². The Morgan fingerprint density at radius 3 is 2.20 bits per heavy atom. The number of benzene rings is 2. The van der Waals surface area contributed by atoms with Gasteiger partial charge in [-0.1, -0.05) is 29.8 Å². The van der Waals surface area contributed by atoms with Crippen LogP contribution in [0.15, 0.2) is 54.6 Å². The molecule has 0 aliphatic heterocycles. The molecule has 2 heterocycles. The lowest BCUT2D eigenvalue weighted by Crippen LogP contribution is -2.08. The zero-order valence-electron chi connectivity index (χ0n) is 16.0. The summed E-state index contributed by atoms with van der Waals surface area (Å²) in [5.41, 5.74) is 1.63. The van der Waals surface area contributed by atoms with Crippen molar-refractivity contribution in [3.63, 3.8) is 0 Å². The smallest absolute Gasteiger partial charge is 0.417 e. The minimum Gasteiger partial charge on any atom is -0.478 e. The number of carboxylic acid groups (broad SMARTS) is 1. The Morgan fingerprint density at radius 2 is 1.63 bits per heavy atom. The van der Waals surface area contributed by atoms with Gasteiger partial charge >= 0.3 is 12.1 Å². The van der Waals surface area contributed by atoms with Gasteiger partial charge in [0, 0.05) is 5.56 Å². The first-order valence-corrected chi connectivity index (χ1v) is 9.03. The summed E-state index contributed by atoms with van der Waals surface area (Å²) in [7, 11) is 0. The third-order valence-electron chi connectivity index (χ3n) is 4.82. The minimum atomic E-state index is -4.59. The van der Waals surface area contributed by atoms with Crippen molar-refractivity contribution in [3.8, 4) is 16.9 Å². The highest BCUT2D eigenvalue weighted by atomic mass is 19.4. The molecule has 0 aliphatic carbocycles. The van der Waals surface area contributed by atoms with E-state index < -0.39 is 17.7 Å². The molecule has 4 aromatic rings. The summed E-state index contributed by atoms with van der Waals surface area (Å²) >= 11 is 0. The summed E-state index contributed by atoms with van der Waals surface area (Å²) in [5, 5.41) is 13.3. The van der Waals surface area contributed by atoms with Crippen LogP contribution in [0.5, 0.6) is 0 Å². The SMILES string of the molecule is Cc1ccc(-c2cc(C(F)(F)F)c3c(C)nn(-c4ccc(C(=O)O)cc4)c3n2)cc1. The van der Waals surface area contributed by atoms with Gasteiger partial charge in [-0.15, -0.1) is 0 Å². The van der Waals surface area contributed by atoms with E-state index in [4.69, 9.17) is 5.11 Å². The predicted molar refractivity (Wildman–Crippen MR) is 106 cm³/mol. The van der Waals surface area contributed by atoms with E-state index in [9.17, 15) is 18.0 Å². The van der Waals surface area contributed by atoms with Crippen LogP contribution >= 0.6 is 0 Å². The van der Waals surface area contributed by atoms with Gasteiger partial charge in [0.2, 0.25) is 0 Å². The molecule has 0 spiro atoms. The van der Waals surface area contributed by atoms with E-state index in [1.807, 2.05) is 19.1 Å². The normalized spacial score (nSPS) is 11.8. The number of carboxylic acids is 1. The van der Waals surface area contributed by atoms with Gasteiger partial charge in [-0.2, -0.15) is 18.3 Å². The number of halogens is 3. The molecule has 0 saturated carbocycles. The van der Waals surface area contributed by atoms with Crippen molar-refractivity contribution in [2.75, 3.05) is 0 Å². The minimum absolute atomic E-state index is 0.0565. The highest BCUT2D eigenvalue weighted by Crippen LogP contribution is 2.38. The maximum absolute atomic E-state index is 13.9. The quantitative estimate of drug-likeness (QED) is 0.489. The number of hydrogen-bond acceptors (Lipinski definition) is 3. The van der Waals surface area contributed by atoms with E-state index in [1.54, 1.807) is 12.1 Å². The van der Waals surface area contributed by atoms with Crippen molar-refractivity contribution < 1.29 is 23.1 Å². The molecule has 2 aromatic heterocycles. The molecule has 4 rings (SSSR count). The Labute approximate surface area is 169 Å². The third-order valence-corrected chi connectivity index (χ3v) is 4.82. The van der Waals surface area contributed by atoms with Crippen molar-refractivity contribution in [1.82, 2.24) is 14.8 Å². The first-order valence-electron chi connectivity index (χ1n) is 9.03. The summed E-state index contributed by atoms with van der Waals surface area (Å²) in [6, 6.07) is 13.8. The average molecular weight is 411 g/mol. The first-order chi connectivity index (χ1) is 14.1. The molecular formula is C22H16F3N3O2. The first kappa shape index (κ1) is 19.6. The summed E-state index contributed by atoms with van der Waals surface area (Å²) in [6.07, 6.45) is -4.59. The standard InChI is InChI=1S/C22H16F3N3O2/c1-12-3-5-14(6-4-12)18-11-17(22(23,24)25)19-13(2)27-28(20(19)26-18)16-9-7-15(8-10-16)21(29)30/h3-11H,1-2H3,(H,29,30). The largest absolute Gasteiger partial charge is 0.478 e. The summed E-state index contributed by atoms with van der Waals surface area (Å²) < 4.78 is 43.0. The van der Waals surface area contributed by atoms with Crippen LogP contribution in [-0.4, -0.2) is 25.8 Å². The fourth-order valence-electron chi connectivity index (χ4n) is 3.31. The molecule has 5 nitrogen and oxygen atoms in total. The summed E-state index contributed by atoms with van der Waals surface area (Å²) in [4.78, 5) is 15.6. The lowest BCUT2D eigenvalue weighted by atomic mass is 10.0. The number of alkyl halides is 3. The van der Waals surface area contributed by atoms with Gasteiger partial charge in [-0.25, -0.2) is 14.5 Å². The Morgan fingerprint density at radius 1 is 1.00 bits per heavy atom. The maximum Gasteiger partial charge on any atom is 0.417 e. The number of aromatic nitrogens is 3. The molecular weight excluding hydrogens is 395 g/mol. The van der Waals surface area contributed by atoms with Crippen molar-refractivity contribution in [2.45, 2.75) is 20.0 Å². The number of carbonyl (C=O) groups is 1. The number of hydrogen-bond donors (Lipinski definition) is 1. The number of nitrogens with zero attached hydrogens (tertiary/aromatic N) is 3. The van der Waals surface area contributed by atoms with Crippen LogP contribution in [0.4, 0.5) is 13.2 Å². The zero-order valence-corrected chi connectivity index (χ0v) is 16.0. The molecule has 2 aromatic carbocycles. The molecule has 0 atom stereocenters. The number of aryl methyl sites for hydroxylation is 2. The number of aromatic carboxylic acids is 1. The van der Waals surface area contributed by atoms with Crippen molar-refractivity contribution in [3.05, 3.63) is 77.0 Å². The Hall–Kier alpha value is -3.68. The molecule has 0 saturated heterocycles. The lowest BCUT2D eigenvalue weighted by Gasteiger charge is -2.12. The molecule has 0 radical (unpaired) electrons. The summed E-state index contributed by atoms with van der Waals surface area (Å²) in [5.74, 6) is -1.10. The second-order valence-corrected chi connectivity index (χ2v) is 6.97. The molecule has 0 bridgehead atoms.